The number of anilines is 1. The zero-order chi connectivity index (χ0) is 24.4. The van der Waals surface area contributed by atoms with Gasteiger partial charge >= 0.3 is 0 Å². The molecule has 1 saturated carbocycles. The second kappa shape index (κ2) is 9.54. The highest BCUT2D eigenvalue weighted by Crippen LogP contribution is 2.29. The molecule has 5 rings (SSSR count). The first-order chi connectivity index (χ1) is 17.0. The average Bonchev–Trinajstić information content (AvgIpc) is 3.64. The number of carbonyl (C=O) groups is 2. The SMILES string of the molecule is Cc1ccc(-n2cc(-c3ccccc3)nc2NC(=O)CN(C(=O)c2ccccc2)C2CC2)cc1F. The van der Waals surface area contributed by atoms with Crippen LogP contribution < -0.4 is 5.32 Å². The Kier molecular flexibility index (Phi) is 6.14. The highest BCUT2D eigenvalue weighted by molar-refractivity contribution is 5.99. The summed E-state index contributed by atoms with van der Waals surface area (Å²) < 4.78 is 16.0. The second-order valence-electron chi connectivity index (χ2n) is 8.70. The molecule has 1 N–H and O–H groups in total. The summed E-state index contributed by atoms with van der Waals surface area (Å²) in [7, 11) is 0. The van der Waals surface area contributed by atoms with E-state index in [-0.39, 0.29) is 36.2 Å². The van der Waals surface area contributed by atoms with E-state index < -0.39 is 0 Å². The fourth-order valence-electron chi connectivity index (χ4n) is 3.96. The van der Waals surface area contributed by atoms with Gasteiger partial charge in [0, 0.05) is 23.4 Å². The molecular formula is C28H25FN4O2. The molecule has 2 amide bonds. The van der Waals surface area contributed by atoms with Gasteiger partial charge in [-0.1, -0.05) is 54.6 Å². The van der Waals surface area contributed by atoms with E-state index in [0.29, 0.717) is 22.5 Å². The number of rotatable bonds is 7. The molecule has 1 heterocycles. The van der Waals surface area contributed by atoms with Gasteiger partial charge in [0.1, 0.15) is 12.4 Å². The van der Waals surface area contributed by atoms with Crippen LogP contribution in [0.5, 0.6) is 0 Å². The highest BCUT2D eigenvalue weighted by atomic mass is 19.1. The third-order valence-corrected chi connectivity index (χ3v) is 6.04. The molecule has 7 heteroatoms. The van der Waals surface area contributed by atoms with Crippen molar-refractivity contribution >= 4 is 17.8 Å². The highest BCUT2D eigenvalue weighted by Gasteiger charge is 2.34. The van der Waals surface area contributed by atoms with Gasteiger partial charge in [-0.25, -0.2) is 9.37 Å². The van der Waals surface area contributed by atoms with Gasteiger partial charge in [0.05, 0.1) is 11.4 Å². The number of nitrogens with one attached hydrogen (secondary N) is 1. The minimum Gasteiger partial charge on any atom is -0.326 e. The Balaban J connectivity index is 1.43. The molecule has 0 bridgehead atoms. The molecule has 1 fully saturated rings. The summed E-state index contributed by atoms with van der Waals surface area (Å²) in [6.07, 6.45) is 3.52. The summed E-state index contributed by atoms with van der Waals surface area (Å²) in [5.41, 5.74) is 3.13. The van der Waals surface area contributed by atoms with E-state index in [2.05, 4.69) is 10.3 Å². The van der Waals surface area contributed by atoms with Crippen LogP contribution >= 0.6 is 0 Å². The van der Waals surface area contributed by atoms with E-state index >= 15 is 0 Å². The fourth-order valence-corrected chi connectivity index (χ4v) is 3.96. The van der Waals surface area contributed by atoms with Gasteiger partial charge in [-0.3, -0.25) is 19.5 Å². The van der Waals surface area contributed by atoms with Gasteiger partial charge in [0.15, 0.2) is 0 Å². The molecule has 0 radical (unpaired) electrons. The number of halogens is 1. The van der Waals surface area contributed by atoms with Crippen LogP contribution in [0.3, 0.4) is 0 Å². The van der Waals surface area contributed by atoms with E-state index in [1.807, 2.05) is 36.4 Å². The molecule has 1 aliphatic rings. The van der Waals surface area contributed by atoms with Gasteiger partial charge in [0.2, 0.25) is 11.9 Å². The van der Waals surface area contributed by atoms with Crippen molar-refractivity contribution in [3.05, 3.63) is 102 Å². The Labute approximate surface area is 203 Å². The summed E-state index contributed by atoms with van der Waals surface area (Å²) in [5.74, 6) is -0.611. The second-order valence-corrected chi connectivity index (χ2v) is 8.70. The number of carbonyl (C=O) groups excluding carboxylic acids is 2. The van der Waals surface area contributed by atoms with E-state index in [1.54, 1.807) is 59.0 Å². The number of nitrogens with zero attached hydrogens (tertiary/aromatic N) is 3. The molecule has 4 aromatic rings. The Morgan fingerprint density at radius 2 is 1.71 bits per heavy atom. The van der Waals surface area contributed by atoms with E-state index in [9.17, 15) is 14.0 Å². The lowest BCUT2D eigenvalue weighted by Gasteiger charge is -2.22. The molecule has 1 aliphatic carbocycles. The first-order valence-corrected chi connectivity index (χ1v) is 11.6. The van der Waals surface area contributed by atoms with Crippen molar-refractivity contribution in [2.24, 2.45) is 0 Å². The van der Waals surface area contributed by atoms with Crippen molar-refractivity contribution in [1.82, 2.24) is 14.5 Å². The average molecular weight is 469 g/mol. The minimum atomic E-state index is -0.361. The molecule has 0 aliphatic heterocycles. The van der Waals surface area contributed by atoms with Crippen molar-refractivity contribution in [2.75, 3.05) is 11.9 Å². The predicted octanol–water partition coefficient (Wildman–Crippen LogP) is 5.23. The molecule has 3 aromatic carbocycles. The van der Waals surface area contributed by atoms with Crippen molar-refractivity contribution in [3.8, 4) is 16.9 Å². The topological polar surface area (TPSA) is 67.2 Å². The van der Waals surface area contributed by atoms with Gasteiger partial charge in [-0.2, -0.15) is 0 Å². The fraction of sp³-hybridized carbons (Fsp3) is 0.179. The molecule has 1 aromatic heterocycles. The van der Waals surface area contributed by atoms with Crippen LogP contribution in [-0.2, 0) is 4.79 Å². The summed E-state index contributed by atoms with van der Waals surface area (Å²) in [5, 5.41) is 2.85. The number of hydrogen-bond acceptors (Lipinski definition) is 3. The monoisotopic (exact) mass is 468 g/mol. The molecule has 0 atom stereocenters. The zero-order valence-electron chi connectivity index (χ0n) is 19.3. The Hall–Kier alpha value is -4.26. The lowest BCUT2D eigenvalue weighted by atomic mass is 10.2. The number of hydrogen-bond donors (Lipinski definition) is 1. The number of aromatic nitrogens is 2. The van der Waals surface area contributed by atoms with Crippen LogP contribution in [0.4, 0.5) is 10.3 Å². The van der Waals surface area contributed by atoms with Gasteiger partial charge in [0.25, 0.3) is 5.91 Å². The van der Waals surface area contributed by atoms with Crippen molar-refractivity contribution < 1.29 is 14.0 Å². The van der Waals surface area contributed by atoms with Crippen LogP contribution in [0.15, 0.2) is 85.1 Å². The molecule has 0 saturated heterocycles. The largest absolute Gasteiger partial charge is 0.326 e. The number of aryl methyl sites for hydroxylation is 1. The summed E-state index contributed by atoms with van der Waals surface area (Å²) in [4.78, 5) is 32.4. The molecule has 0 spiro atoms. The quantitative estimate of drug-likeness (QED) is 0.404. The van der Waals surface area contributed by atoms with Crippen LogP contribution in [-0.4, -0.2) is 38.9 Å². The van der Waals surface area contributed by atoms with Crippen molar-refractivity contribution in [3.63, 3.8) is 0 Å². The third kappa shape index (κ3) is 4.99. The van der Waals surface area contributed by atoms with Crippen LogP contribution in [0, 0.1) is 12.7 Å². The van der Waals surface area contributed by atoms with Gasteiger partial charge in [-0.05, 0) is 49.6 Å². The summed E-state index contributed by atoms with van der Waals surface area (Å²) in [6, 6.07) is 23.5. The lowest BCUT2D eigenvalue weighted by Crippen LogP contribution is -2.39. The molecule has 176 valence electrons. The number of benzene rings is 3. The number of imidazole rings is 1. The molecular weight excluding hydrogens is 443 g/mol. The van der Waals surface area contributed by atoms with E-state index in [1.165, 1.54) is 6.07 Å². The van der Waals surface area contributed by atoms with Crippen LogP contribution in [0.2, 0.25) is 0 Å². The summed E-state index contributed by atoms with van der Waals surface area (Å²) in [6.45, 7) is 1.61. The Morgan fingerprint density at radius 1 is 1.03 bits per heavy atom. The third-order valence-electron chi connectivity index (χ3n) is 6.04. The smallest absolute Gasteiger partial charge is 0.254 e. The Morgan fingerprint density at radius 3 is 2.37 bits per heavy atom. The lowest BCUT2D eigenvalue weighted by molar-refractivity contribution is -0.117. The van der Waals surface area contributed by atoms with Crippen LogP contribution in [0.1, 0.15) is 28.8 Å². The van der Waals surface area contributed by atoms with E-state index in [0.717, 1.165) is 18.4 Å². The maximum atomic E-state index is 14.3. The van der Waals surface area contributed by atoms with Crippen LogP contribution in [0.25, 0.3) is 16.9 Å². The van der Waals surface area contributed by atoms with Gasteiger partial charge in [-0.15, -0.1) is 0 Å². The molecule has 35 heavy (non-hydrogen) atoms. The van der Waals surface area contributed by atoms with Crippen molar-refractivity contribution in [2.45, 2.75) is 25.8 Å². The Bertz CT molecular complexity index is 1360. The first-order valence-electron chi connectivity index (χ1n) is 11.6. The van der Waals surface area contributed by atoms with Gasteiger partial charge < -0.3 is 4.90 Å². The predicted molar refractivity (Wildman–Crippen MR) is 133 cm³/mol. The minimum absolute atomic E-state index is 0.0549. The summed E-state index contributed by atoms with van der Waals surface area (Å²) >= 11 is 0. The number of amides is 2. The van der Waals surface area contributed by atoms with Crippen molar-refractivity contribution in [1.29, 1.82) is 0 Å². The normalized spacial score (nSPS) is 12.9. The van der Waals surface area contributed by atoms with E-state index in [4.69, 9.17) is 0 Å². The molecule has 0 unspecified atom stereocenters. The maximum absolute atomic E-state index is 14.3. The molecule has 6 nitrogen and oxygen atoms in total. The zero-order valence-corrected chi connectivity index (χ0v) is 19.3. The first kappa shape index (κ1) is 22.5. The standard InChI is InChI=1S/C28H25FN4O2/c1-19-12-13-23(16-24(19)29)33-17-25(20-8-4-2-5-9-20)30-28(33)31-26(34)18-32(22-14-15-22)27(35)21-10-6-3-7-11-21/h2-13,16-17,22H,14-15,18H2,1H3,(H,30,31,34). The maximum Gasteiger partial charge on any atom is 0.254 e.